The Labute approximate surface area is 108 Å². The van der Waals surface area contributed by atoms with Gasteiger partial charge in [-0.05, 0) is 0 Å². The summed E-state index contributed by atoms with van der Waals surface area (Å²) in [6.07, 6.45) is 5.72. The second-order valence-corrected chi connectivity index (χ2v) is 14.6. The van der Waals surface area contributed by atoms with Crippen molar-refractivity contribution in [2.75, 3.05) is 4.36 Å². The van der Waals surface area contributed by atoms with E-state index in [9.17, 15) is 9.90 Å². The Balaban J connectivity index is 2.01. The van der Waals surface area contributed by atoms with Gasteiger partial charge in [-0.15, -0.1) is 0 Å². The molecule has 1 fully saturated rings. The number of hydrogen-bond acceptors (Lipinski definition) is 2. The maximum absolute atomic E-state index is 11.1. The minimum atomic E-state index is -2.22. The predicted molar refractivity (Wildman–Crippen MR) is 64.9 cm³/mol. The van der Waals surface area contributed by atoms with E-state index in [1.165, 1.54) is 3.33 Å². The fourth-order valence-electron chi connectivity index (χ4n) is 2.50. The van der Waals surface area contributed by atoms with Gasteiger partial charge in [0.1, 0.15) is 0 Å². The zero-order valence-electron chi connectivity index (χ0n) is 9.24. The van der Waals surface area contributed by atoms with Gasteiger partial charge in [-0.25, -0.2) is 0 Å². The summed E-state index contributed by atoms with van der Waals surface area (Å²) in [7, 11) is 0. The fourth-order valence-corrected chi connectivity index (χ4v) is 10.0. The molecule has 0 radical (unpaired) electrons. The minimum absolute atomic E-state index is 0.0124. The van der Waals surface area contributed by atoms with Gasteiger partial charge in [-0.3, -0.25) is 0 Å². The SMILES string of the molecule is CC1(C[C]2=CC=[C](Cl)[In]2[CH2]O)CC1C(N)=O. The van der Waals surface area contributed by atoms with Crippen LogP contribution in [0.25, 0.3) is 0 Å². The van der Waals surface area contributed by atoms with Crippen LogP contribution in [0.2, 0.25) is 0 Å². The topological polar surface area (TPSA) is 63.3 Å². The van der Waals surface area contributed by atoms with E-state index in [1.807, 2.05) is 12.2 Å². The van der Waals surface area contributed by atoms with Crippen LogP contribution in [0.15, 0.2) is 18.3 Å². The summed E-state index contributed by atoms with van der Waals surface area (Å²) >= 11 is 3.85. The molecule has 3 nitrogen and oxygen atoms in total. The molecule has 2 aliphatic rings. The van der Waals surface area contributed by atoms with Gasteiger partial charge in [-0.2, -0.15) is 0 Å². The van der Waals surface area contributed by atoms with Crippen molar-refractivity contribution >= 4 is 38.9 Å². The number of amides is 1. The van der Waals surface area contributed by atoms with Crippen LogP contribution >= 0.6 is 11.6 Å². The van der Waals surface area contributed by atoms with Gasteiger partial charge in [0, 0.05) is 0 Å². The van der Waals surface area contributed by atoms with E-state index < -0.39 is 21.4 Å². The van der Waals surface area contributed by atoms with Gasteiger partial charge in [0.15, 0.2) is 0 Å². The first kappa shape index (κ1) is 12.5. The standard InChI is InChI=1S/C10H12ClNO.CH3O.In/c1-10(5-3-2-4-6-11)7-8(10)9(12)13;1-2;/h2,4,8H,5,7H2,1H3,(H2,12,13);2H,1H2;. The summed E-state index contributed by atoms with van der Waals surface area (Å²) in [6, 6.07) is 0. The van der Waals surface area contributed by atoms with Gasteiger partial charge >= 0.3 is 108 Å². The van der Waals surface area contributed by atoms with Crippen LogP contribution < -0.4 is 5.73 Å². The molecule has 16 heavy (non-hydrogen) atoms. The molecule has 2 unspecified atom stereocenters. The number of halogens is 1. The summed E-state index contributed by atoms with van der Waals surface area (Å²) in [5.41, 5.74) is 5.34. The maximum atomic E-state index is 11.1. The Morgan fingerprint density at radius 1 is 1.75 bits per heavy atom. The quantitative estimate of drug-likeness (QED) is 0.802. The van der Waals surface area contributed by atoms with Crippen LogP contribution in [-0.4, -0.2) is 36.8 Å². The van der Waals surface area contributed by atoms with E-state index in [0.29, 0.717) is 0 Å². The van der Waals surface area contributed by atoms with Crippen LogP contribution in [0, 0.1) is 11.3 Å². The Morgan fingerprint density at radius 2 is 2.44 bits per heavy atom. The molecule has 1 aliphatic heterocycles. The van der Waals surface area contributed by atoms with Crippen molar-refractivity contribution in [2.45, 2.75) is 19.8 Å². The van der Waals surface area contributed by atoms with Crippen molar-refractivity contribution in [3.05, 3.63) is 18.3 Å². The molecular formula is C11H15ClInNO2. The second kappa shape index (κ2) is 4.39. The Hall–Kier alpha value is 0.0701. The zero-order chi connectivity index (χ0) is 11.9. The molecular weight excluding hydrogens is 328 g/mol. The molecule has 0 bridgehead atoms. The zero-order valence-corrected chi connectivity index (χ0v) is 13.3. The van der Waals surface area contributed by atoms with E-state index in [4.69, 9.17) is 17.3 Å². The number of carbonyl (C=O) groups excluding carboxylic acids is 1. The molecule has 1 amide bonds. The van der Waals surface area contributed by atoms with Crippen molar-refractivity contribution < 1.29 is 9.90 Å². The summed E-state index contributed by atoms with van der Waals surface area (Å²) in [6.45, 7) is 2.09. The summed E-state index contributed by atoms with van der Waals surface area (Å²) in [5.74, 6) is -0.186. The van der Waals surface area contributed by atoms with Crippen LogP contribution in [0.1, 0.15) is 19.8 Å². The number of rotatable bonds is 4. The van der Waals surface area contributed by atoms with Gasteiger partial charge in [0.05, 0.1) is 0 Å². The van der Waals surface area contributed by atoms with Gasteiger partial charge < -0.3 is 0 Å². The van der Waals surface area contributed by atoms with E-state index in [0.717, 1.165) is 15.6 Å². The number of allylic oxidation sites excluding steroid dienone is 3. The summed E-state index contributed by atoms with van der Waals surface area (Å²) < 4.78 is 2.44. The molecule has 0 spiro atoms. The molecule has 1 heterocycles. The van der Waals surface area contributed by atoms with Crippen molar-refractivity contribution in [1.29, 1.82) is 0 Å². The monoisotopic (exact) mass is 343 g/mol. The molecule has 1 aliphatic carbocycles. The van der Waals surface area contributed by atoms with Crippen molar-refractivity contribution in [3.63, 3.8) is 0 Å². The first-order chi connectivity index (χ1) is 7.48. The van der Waals surface area contributed by atoms with Gasteiger partial charge in [0.2, 0.25) is 0 Å². The summed E-state index contributed by atoms with van der Waals surface area (Å²) in [5, 5.41) is 9.33. The Bertz CT molecular complexity index is 393. The van der Waals surface area contributed by atoms with E-state index >= 15 is 0 Å². The van der Waals surface area contributed by atoms with Crippen molar-refractivity contribution in [1.82, 2.24) is 0 Å². The third-order valence-electron chi connectivity index (χ3n) is 3.72. The molecule has 1 saturated carbocycles. The first-order valence-corrected chi connectivity index (χ1v) is 11.4. The average Bonchev–Trinajstić information content (AvgIpc) is 2.76. The Kier molecular flexibility index (Phi) is 3.44. The number of nitrogens with two attached hydrogens (primary N) is 1. The van der Waals surface area contributed by atoms with Crippen LogP contribution in [0.3, 0.4) is 0 Å². The average molecular weight is 344 g/mol. The number of hydrogen-bond donors (Lipinski definition) is 2. The van der Waals surface area contributed by atoms with Crippen LogP contribution in [0.5, 0.6) is 0 Å². The predicted octanol–water partition coefficient (Wildman–Crippen LogP) is 1.06. The molecule has 5 heteroatoms. The molecule has 86 valence electrons. The third kappa shape index (κ3) is 2.20. The summed E-state index contributed by atoms with van der Waals surface area (Å²) in [4.78, 5) is 11.1. The first-order valence-electron chi connectivity index (χ1n) is 5.44. The van der Waals surface area contributed by atoms with E-state index in [-0.39, 0.29) is 21.6 Å². The van der Waals surface area contributed by atoms with Gasteiger partial charge in [-0.1, -0.05) is 0 Å². The van der Waals surface area contributed by atoms with Crippen LogP contribution in [-0.2, 0) is 4.79 Å². The third-order valence-corrected chi connectivity index (χ3v) is 12.8. The Morgan fingerprint density at radius 3 is 2.94 bits per heavy atom. The molecule has 0 aromatic carbocycles. The van der Waals surface area contributed by atoms with Gasteiger partial charge in [0.25, 0.3) is 0 Å². The number of primary amides is 1. The van der Waals surface area contributed by atoms with Crippen molar-refractivity contribution in [2.24, 2.45) is 17.1 Å². The van der Waals surface area contributed by atoms with E-state index in [2.05, 4.69) is 6.92 Å². The molecule has 0 aromatic rings. The van der Waals surface area contributed by atoms with Crippen molar-refractivity contribution in [3.8, 4) is 0 Å². The molecule has 2 atom stereocenters. The number of aliphatic hydroxyl groups excluding tert-OH is 1. The fraction of sp³-hybridized carbons (Fsp3) is 0.545. The number of carbonyl (C=O) groups is 1. The molecule has 2 rings (SSSR count). The van der Waals surface area contributed by atoms with Crippen LogP contribution in [0.4, 0.5) is 0 Å². The molecule has 0 saturated heterocycles. The molecule has 0 aromatic heterocycles. The second-order valence-electron chi connectivity index (χ2n) is 5.02. The number of aliphatic hydroxyl groups is 1. The molecule has 3 N–H and O–H groups in total. The van der Waals surface area contributed by atoms with E-state index in [1.54, 1.807) is 0 Å². The normalized spacial score (nSPS) is 32.4.